The van der Waals surface area contributed by atoms with Crippen LogP contribution in [0.5, 0.6) is 0 Å². The summed E-state index contributed by atoms with van der Waals surface area (Å²) in [7, 11) is 0. The maximum Gasteiger partial charge on any atom is 0.0524 e. The molecule has 1 aliphatic rings. The highest BCUT2D eigenvalue weighted by molar-refractivity contribution is 4.74. The predicted octanol–water partition coefficient (Wildman–Crippen LogP) is 0.0989. The van der Waals surface area contributed by atoms with Crippen molar-refractivity contribution in [1.82, 2.24) is 10.6 Å². The first kappa shape index (κ1) is 9.96. The van der Waals surface area contributed by atoms with Gasteiger partial charge in [-0.25, -0.2) is 0 Å². The van der Waals surface area contributed by atoms with Gasteiger partial charge in [0.05, 0.1) is 6.10 Å². The van der Waals surface area contributed by atoms with Crippen molar-refractivity contribution < 1.29 is 5.11 Å². The molecule has 1 saturated heterocycles. The van der Waals surface area contributed by atoms with E-state index in [4.69, 9.17) is 5.11 Å². The summed E-state index contributed by atoms with van der Waals surface area (Å²) in [6, 6.07) is 0.671. The van der Waals surface area contributed by atoms with Crippen molar-refractivity contribution in [3.8, 4) is 0 Å². The van der Waals surface area contributed by atoms with Crippen molar-refractivity contribution in [1.29, 1.82) is 0 Å². The van der Waals surface area contributed by atoms with E-state index in [0.717, 1.165) is 26.1 Å². The summed E-state index contributed by atoms with van der Waals surface area (Å²) < 4.78 is 0. The summed E-state index contributed by atoms with van der Waals surface area (Å²) in [5.74, 6) is 0. The molecule has 0 radical (unpaired) electrons. The molecule has 0 aromatic rings. The number of aliphatic hydroxyl groups excluding tert-OH is 1. The van der Waals surface area contributed by atoms with E-state index in [-0.39, 0.29) is 6.10 Å². The monoisotopic (exact) mass is 172 g/mol. The molecular weight excluding hydrogens is 152 g/mol. The summed E-state index contributed by atoms with van der Waals surface area (Å²) in [4.78, 5) is 0. The van der Waals surface area contributed by atoms with Crippen LogP contribution in [0.4, 0.5) is 0 Å². The van der Waals surface area contributed by atoms with Crippen LogP contribution in [0.1, 0.15) is 26.2 Å². The lowest BCUT2D eigenvalue weighted by Gasteiger charge is -2.23. The summed E-state index contributed by atoms with van der Waals surface area (Å²) in [6.07, 6.45) is 3.14. The number of nitrogens with one attached hydrogen (secondary N) is 2. The lowest BCUT2D eigenvalue weighted by Crippen LogP contribution is -2.40. The summed E-state index contributed by atoms with van der Waals surface area (Å²) >= 11 is 0. The molecule has 72 valence electrons. The molecular formula is C9H20N2O. The molecule has 1 atom stereocenters. The second kappa shape index (κ2) is 5.51. The molecule has 1 rings (SSSR count). The van der Waals surface area contributed by atoms with E-state index in [1.54, 1.807) is 0 Å². The predicted molar refractivity (Wildman–Crippen MR) is 50.2 cm³/mol. The van der Waals surface area contributed by atoms with Gasteiger partial charge in [0.1, 0.15) is 0 Å². The maximum atomic E-state index is 9.03. The molecule has 1 aliphatic heterocycles. The molecule has 0 bridgehead atoms. The first-order valence-corrected chi connectivity index (χ1v) is 4.91. The van der Waals surface area contributed by atoms with Gasteiger partial charge in [-0.15, -0.1) is 0 Å². The Morgan fingerprint density at radius 3 is 2.75 bits per heavy atom. The molecule has 0 saturated carbocycles. The fraction of sp³-hybridized carbons (Fsp3) is 1.00. The molecule has 0 aromatic heterocycles. The fourth-order valence-electron chi connectivity index (χ4n) is 1.52. The van der Waals surface area contributed by atoms with Crippen molar-refractivity contribution in [3.05, 3.63) is 0 Å². The van der Waals surface area contributed by atoms with Gasteiger partial charge in [-0.3, -0.25) is 0 Å². The molecule has 0 aromatic carbocycles. The maximum absolute atomic E-state index is 9.03. The SMILES string of the molecule is C[C@@H](O)CCNC1CCNCC1. The van der Waals surface area contributed by atoms with Gasteiger partial charge in [0.25, 0.3) is 0 Å². The van der Waals surface area contributed by atoms with Gasteiger partial charge in [0.15, 0.2) is 0 Å². The van der Waals surface area contributed by atoms with Crippen molar-refractivity contribution >= 4 is 0 Å². The van der Waals surface area contributed by atoms with Gasteiger partial charge in [0.2, 0.25) is 0 Å². The van der Waals surface area contributed by atoms with E-state index in [2.05, 4.69) is 10.6 Å². The third-order valence-corrected chi connectivity index (χ3v) is 2.33. The summed E-state index contributed by atoms with van der Waals surface area (Å²) in [6.45, 7) is 5.05. The smallest absolute Gasteiger partial charge is 0.0524 e. The van der Waals surface area contributed by atoms with Crippen LogP contribution in [0.25, 0.3) is 0 Å². The first-order valence-electron chi connectivity index (χ1n) is 4.91. The van der Waals surface area contributed by atoms with E-state index >= 15 is 0 Å². The Bertz CT molecular complexity index is 111. The van der Waals surface area contributed by atoms with Gasteiger partial charge >= 0.3 is 0 Å². The first-order chi connectivity index (χ1) is 5.79. The standard InChI is InChI=1S/C9H20N2O/c1-8(12)2-7-11-9-3-5-10-6-4-9/h8-12H,2-7H2,1H3/t8-/m1/s1. The Balaban J connectivity index is 1.98. The molecule has 0 unspecified atom stereocenters. The number of aliphatic hydroxyl groups is 1. The molecule has 0 spiro atoms. The van der Waals surface area contributed by atoms with Gasteiger partial charge < -0.3 is 15.7 Å². The average molecular weight is 172 g/mol. The molecule has 3 N–H and O–H groups in total. The molecule has 3 heteroatoms. The molecule has 0 amide bonds. The van der Waals surface area contributed by atoms with E-state index in [1.165, 1.54) is 12.8 Å². The number of hydrogen-bond donors (Lipinski definition) is 3. The fourth-order valence-corrected chi connectivity index (χ4v) is 1.52. The highest BCUT2D eigenvalue weighted by atomic mass is 16.3. The number of rotatable bonds is 4. The third-order valence-electron chi connectivity index (χ3n) is 2.33. The second-order valence-corrected chi connectivity index (χ2v) is 3.62. The number of hydrogen-bond acceptors (Lipinski definition) is 3. The Hall–Kier alpha value is -0.120. The van der Waals surface area contributed by atoms with Crippen LogP contribution in [-0.2, 0) is 0 Å². The van der Waals surface area contributed by atoms with E-state index in [1.807, 2.05) is 6.92 Å². The van der Waals surface area contributed by atoms with Crippen LogP contribution in [0.3, 0.4) is 0 Å². The minimum atomic E-state index is -0.167. The Kier molecular flexibility index (Phi) is 4.58. The molecule has 3 nitrogen and oxygen atoms in total. The summed E-state index contributed by atoms with van der Waals surface area (Å²) in [5.41, 5.74) is 0. The number of piperidine rings is 1. The van der Waals surface area contributed by atoms with E-state index in [9.17, 15) is 0 Å². The van der Waals surface area contributed by atoms with Crippen molar-refractivity contribution in [2.45, 2.75) is 38.3 Å². The zero-order valence-electron chi connectivity index (χ0n) is 7.84. The molecule has 1 heterocycles. The Morgan fingerprint density at radius 1 is 1.50 bits per heavy atom. The third kappa shape index (κ3) is 4.04. The average Bonchev–Trinajstić information content (AvgIpc) is 2.05. The van der Waals surface area contributed by atoms with Crippen molar-refractivity contribution in [3.63, 3.8) is 0 Å². The minimum Gasteiger partial charge on any atom is -0.393 e. The van der Waals surface area contributed by atoms with Crippen LogP contribution in [0.2, 0.25) is 0 Å². The van der Waals surface area contributed by atoms with Crippen LogP contribution in [0, 0.1) is 0 Å². The van der Waals surface area contributed by atoms with Crippen LogP contribution in [0.15, 0.2) is 0 Å². The van der Waals surface area contributed by atoms with Crippen LogP contribution in [-0.4, -0.2) is 36.9 Å². The van der Waals surface area contributed by atoms with Crippen LogP contribution >= 0.6 is 0 Å². The van der Waals surface area contributed by atoms with Crippen molar-refractivity contribution in [2.75, 3.05) is 19.6 Å². The Morgan fingerprint density at radius 2 is 2.17 bits per heavy atom. The van der Waals surface area contributed by atoms with Gasteiger partial charge in [-0.05, 0) is 45.8 Å². The lowest BCUT2D eigenvalue weighted by molar-refractivity contribution is 0.181. The Labute approximate surface area is 74.5 Å². The molecule has 1 fully saturated rings. The van der Waals surface area contributed by atoms with E-state index in [0.29, 0.717) is 6.04 Å². The second-order valence-electron chi connectivity index (χ2n) is 3.62. The molecule has 12 heavy (non-hydrogen) atoms. The quantitative estimate of drug-likeness (QED) is 0.563. The van der Waals surface area contributed by atoms with Crippen molar-refractivity contribution in [2.24, 2.45) is 0 Å². The van der Waals surface area contributed by atoms with Gasteiger partial charge in [-0.1, -0.05) is 0 Å². The zero-order chi connectivity index (χ0) is 8.81. The topological polar surface area (TPSA) is 44.3 Å². The van der Waals surface area contributed by atoms with Crippen LogP contribution < -0.4 is 10.6 Å². The van der Waals surface area contributed by atoms with E-state index < -0.39 is 0 Å². The normalized spacial score (nSPS) is 22.5. The zero-order valence-corrected chi connectivity index (χ0v) is 7.84. The lowest BCUT2D eigenvalue weighted by atomic mass is 10.1. The highest BCUT2D eigenvalue weighted by Gasteiger charge is 2.11. The largest absolute Gasteiger partial charge is 0.393 e. The molecule has 0 aliphatic carbocycles. The minimum absolute atomic E-state index is 0.167. The van der Waals surface area contributed by atoms with Gasteiger partial charge in [0, 0.05) is 6.04 Å². The van der Waals surface area contributed by atoms with Gasteiger partial charge in [-0.2, -0.15) is 0 Å². The highest BCUT2D eigenvalue weighted by Crippen LogP contribution is 2.01. The summed E-state index contributed by atoms with van der Waals surface area (Å²) in [5, 5.41) is 15.8.